The highest BCUT2D eigenvalue weighted by Gasteiger charge is 1.87. The van der Waals surface area contributed by atoms with Gasteiger partial charge in [-0.05, 0) is 12.5 Å². The Balaban J connectivity index is 2.77. The quantitative estimate of drug-likeness (QED) is 0.579. The number of hydrogen-bond donors (Lipinski definition) is 0. The lowest BCUT2D eigenvalue weighted by Crippen LogP contribution is -1.86. The van der Waals surface area contributed by atoms with Crippen molar-refractivity contribution in [2.24, 2.45) is 4.99 Å². The van der Waals surface area contributed by atoms with Gasteiger partial charge in [0.15, 0.2) is 0 Å². The Morgan fingerprint density at radius 2 is 1.92 bits per heavy atom. The van der Waals surface area contributed by atoms with Gasteiger partial charge in [0, 0.05) is 13.1 Å². The van der Waals surface area contributed by atoms with Crippen molar-refractivity contribution in [3.05, 3.63) is 35.4 Å². The van der Waals surface area contributed by atoms with Gasteiger partial charge in [-0.2, -0.15) is 0 Å². The highest BCUT2D eigenvalue weighted by Crippen LogP contribution is 1.99. The van der Waals surface area contributed by atoms with Gasteiger partial charge in [0.05, 0.1) is 0 Å². The molecule has 0 saturated heterocycles. The zero-order chi connectivity index (χ0) is 8.97. The second-order valence-electron chi connectivity index (χ2n) is 2.69. The zero-order valence-corrected chi connectivity index (χ0v) is 7.24. The first-order valence-corrected chi connectivity index (χ1v) is 3.80. The normalized spacial score (nSPS) is 10.5. The van der Waals surface area contributed by atoms with E-state index < -0.39 is 0 Å². The van der Waals surface area contributed by atoms with E-state index in [-0.39, 0.29) is 5.91 Å². The molecule has 0 atom stereocenters. The highest BCUT2D eigenvalue weighted by atomic mass is 16.1. The molecule has 0 heterocycles. The number of amides is 1. The number of carbonyl (C=O) groups excluding carboxylic acids is 1. The molecule has 2 nitrogen and oxygen atoms in total. The molecule has 0 bridgehead atoms. The number of carbonyl (C=O) groups is 1. The maximum atomic E-state index is 10.5. The topological polar surface area (TPSA) is 29.4 Å². The monoisotopic (exact) mass is 161 g/mol. The van der Waals surface area contributed by atoms with Crippen molar-refractivity contribution >= 4 is 12.1 Å². The first kappa shape index (κ1) is 8.65. The van der Waals surface area contributed by atoms with E-state index in [9.17, 15) is 4.79 Å². The third-order valence-electron chi connectivity index (χ3n) is 1.47. The molecule has 1 rings (SSSR count). The number of hydrogen-bond acceptors (Lipinski definition) is 1. The Hall–Kier alpha value is -1.44. The van der Waals surface area contributed by atoms with Gasteiger partial charge in [-0.1, -0.05) is 29.8 Å². The molecule has 0 aliphatic rings. The average Bonchev–Trinajstić information content (AvgIpc) is 2.03. The van der Waals surface area contributed by atoms with Crippen LogP contribution in [-0.2, 0) is 4.79 Å². The molecular weight excluding hydrogens is 150 g/mol. The number of aryl methyl sites for hydroxylation is 1. The minimum absolute atomic E-state index is 0.171. The molecule has 0 unspecified atom stereocenters. The number of nitrogens with zero attached hydrogens (tertiary/aromatic N) is 1. The van der Waals surface area contributed by atoms with Crippen LogP contribution in [0.3, 0.4) is 0 Å². The molecule has 0 N–H and O–H groups in total. The van der Waals surface area contributed by atoms with E-state index >= 15 is 0 Å². The largest absolute Gasteiger partial charge is 0.273 e. The fraction of sp³-hybridized carbons (Fsp3) is 0.200. The van der Waals surface area contributed by atoms with Crippen LogP contribution < -0.4 is 0 Å². The van der Waals surface area contributed by atoms with E-state index in [2.05, 4.69) is 4.99 Å². The zero-order valence-electron chi connectivity index (χ0n) is 7.24. The maximum absolute atomic E-state index is 10.5. The van der Waals surface area contributed by atoms with Crippen LogP contribution in [-0.4, -0.2) is 12.1 Å². The summed E-state index contributed by atoms with van der Waals surface area (Å²) in [6.07, 6.45) is 1.57. The first-order chi connectivity index (χ1) is 5.68. The standard InChI is InChI=1S/C10H11NO/c1-8-3-5-10(6-4-8)7-11-9(2)12/h3-7H,1-2H3. The highest BCUT2D eigenvalue weighted by molar-refractivity contribution is 5.90. The molecule has 2 heteroatoms. The van der Waals surface area contributed by atoms with Crippen molar-refractivity contribution in [2.45, 2.75) is 13.8 Å². The average molecular weight is 161 g/mol. The van der Waals surface area contributed by atoms with Gasteiger partial charge >= 0.3 is 0 Å². The predicted molar refractivity (Wildman–Crippen MR) is 49.5 cm³/mol. The Labute approximate surface area is 71.9 Å². The molecule has 62 valence electrons. The van der Waals surface area contributed by atoms with E-state index in [1.165, 1.54) is 12.5 Å². The molecular formula is C10H11NO. The van der Waals surface area contributed by atoms with Crippen LogP contribution in [0.25, 0.3) is 0 Å². The maximum Gasteiger partial charge on any atom is 0.242 e. The van der Waals surface area contributed by atoms with Crippen LogP contribution in [0.4, 0.5) is 0 Å². The van der Waals surface area contributed by atoms with E-state index in [4.69, 9.17) is 0 Å². The van der Waals surface area contributed by atoms with Crippen LogP contribution in [0, 0.1) is 6.92 Å². The minimum Gasteiger partial charge on any atom is -0.273 e. The summed E-state index contributed by atoms with van der Waals surface area (Å²) in [6.45, 7) is 3.45. The van der Waals surface area contributed by atoms with Crippen LogP contribution in [0.1, 0.15) is 18.1 Å². The van der Waals surface area contributed by atoms with Crippen molar-refractivity contribution in [2.75, 3.05) is 0 Å². The first-order valence-electron chi connectivity index (χ1n) is 3.80. The van der Waals surface area contributed by atoms with Crippen LogP contribution in [0.5, 0.6) is 0 Å². The van der Waals surface area contributed by atoms with Crippen molar-refractivity contribution in [1.82, 2.24) is 0 Å². The molecule has 1 aromatic carbocycles. The van der Waals surface area contributed by atoms with Crippen molar-refractivity contribution in [3.8, 4) is 0 Å². The molecule has 0 aliphatic heterocycles. The van der Waals surface area contributed by atoms with E-state index in [1.54, 1.807) is 6.21 Å². The van der Waals surface area contributed by atoms with Gasteiger partial charge in [-0.3, -0.25) is 4.79 Å². The Morgan fingerprint density at radius 1 is 1.33 bits per heavy atom. The fourth-order valence-corrected chi connectivity index (χ4v) is 0.818. The Morgan fingerprint density at radius 3 is 2.42 bits per heavy atom. The van der Waals surface area contributed by atoms with Crippen molar-refractivity contribution < 1.29 is 4.79 Å². The second-order valence-corrected chi connectivity index (χ2v) is 2.69. The molecule has 0 aromatic heterocycles. The number of benzene rings is 1. The van der Waals surface area contributed by atoms with Gasteiger partial charge in [0.2, 0.25) is 5.91 Å². The summed E-state index contributed by atoms with van der Waals surface area (Å²) >= 11 is 0. The molecule has 1 aromatic rings. The smallest absolute Gasteiger partial charge is 0.242 e. The van der Waals surface area contributed by atoms with Crippen LogP contribution >= 0.6 is 0 Å². The van der Waals surface area contributed by atoms with E-state index in [0.717, 1.165) is 5.56 Å². The van der Waals surface area contributed by atoms with Crippen molar-refractivity contribution in [3.63, 3.8) is 0 Å². The summed E-state index contributed by atoms with van der Waals surface area (Å²) in [4.78, 5) is 14.1. The lowest BCUT2D eigenvalue weighted by molar-refractivity contribution is -0.115. The molecule has 12 heavy (non-hydrogen) atoms. The van der Waals surface area contributed by atoms with Crippen LogP contribution in [0.2, 0.25) is 0 Å². The van der Waals surface area contributed by atoms with Gasteiger partial charge in [-0.15, -0.1) is 0 Å². The molecule has 0 fully saturated rings. The third-order valence-corrected chi connectivity index (χ3v) is 1.47. The molecule has 0 radical (unpaired) electrons. The molecule has 0 spiro atoms. The molecule has 0 aliphatic carbocycles. The van der Waals surface area contributed by atoms with Gasteiger partial charge in [0.25, 0.3) is 0 Å². The minimum atomic E-state index is -0.171. The van der Waals surface area contributed by atoms with E-state index in [1.807, 2.05) is 31.2 Å². The SMILES string of the molecule is CC(=O)N=Cc1ccc(C)cc1. The van der Waals surface area contributed by atoms with Gasteiger partial charge < -0.3 is 0 Å². The molecule has 1 amide bonds. The summed E-state index contributed by atoms with van der Waals surface area (Å²) in [7, 11) is 0. The summed E-state index contributed by atoms with van der Waals surface area (Å²) in [5.74, 6) is -0.171. The lowest BCUT2D eigenvalue weighted by Gasteiger charge is -1.92. The third kappa shape index (κ3) is 2.66. The number of rotatable bonds is 1. The summed E-state index contributed by atoms with van der Waals surface area (Å²) in [5.41, 5.74) is 2.16. The fourth-order valence-electron chi connectivity index (χ4n) is 0.818. The Bertz CT molecular complexity index is 298. The van der Waals surface area contributed by atoms with Gasteiger partial charge in [-0.25, -0.2) is 4.99 Å². The summed E-state index contributed by atoms with van der Waals surface area (Å²) < 4.78 is 0. The van der Waals surface area contributed by atoms with Crippen LogP contribution in [0.15, 0.2) is 29.3 Å². The van der Waals surface area contributed by atoms with E-state index in [0.29, 0.717) is 0 Å². The second kappa shape index (κ2) is 3.81. The van der Waals surface area contributed by atoms with Gasteiger partial charge in [0.1, 0.15) is 0 Å². The lowest BCUT2D eigenvalue weighted by atomic mass is 10.2. The summed E-state index contributed by atoms with van der Waals surface area (Å²) in [5, 5.41) is 0. The summed E-state index contributed by atoms with van der Waals surface area (Å²) in [6, 6.07) is 7.84. The Kier molecular flexibility index (Phi) is 2.75. The number of aliphatic imine (C=N–C) groups is 1. The molecule has 0 saturated carbocycles. The van der Waals surface area contributed by atoms with Crippen molar-refractivity contribution in [1.29, 1.82) is 0 Å². The predicted octanol–water partition coefficient (Wildman–Crippen LogP) is 1.96.